The lowest BCUT2D eigenvalue weighted by molar-refractivity contribution is 0.133. The second-order valence-corrected chi connectivity index (χ2v) is 5.72. The van der Waals surface area contributed by atoms with Gasteiger partial charge < -0.3 is 5.11 Å². The van der Waals surface area contributed by atoms with Crippen molar-refractivity contribution in [1.29, 1.82) is 0 Å². The van der Waals surface area contributed by atoms with Crippen LogP contribution in [-0.4, -0.2) is 5.11 Å². The highest BCUT2D eigenvalue weighted by Gasteiger charge is 2.54. The van der Waals surface area contributed by atoms with E-state index in [0.717, 1.165) is 12.8 Å². The van der Waals surface area contributed by atoms with E-state index in [1.165, 1.54) is 21.7 Å². The fourth-order valence-electron chi connectivity index (χ4n) is 2.09. The summed E-state index contributed by atoms with van der Waals surface area (Å²) in [4.78, 5) is 2.53. The van der Waals surface area contributed by atoms with E-state index in [-0.39, 0.29) is 0 Å². The Morgan fingerprint density at radius 1 is 1.57 bits per heavy atom. The molecule has 0 amide bonds. The minimum atomic E-state index is -0.459. The molecule has 78 valence electrons. The summed E-state index contributed by atoms with van der Waals surface area (Å²) >= 11 is 1.76. The lowest BCUT2D eigenvalue weighted by atomic mass is 10.1. The van der Waals surface area contributed by atoms with Crippen LogP contribution in [0.2, 0.25) is 0 Å². The molecular formula is C12H18OS. The molecular weight excluding hydrogens is 192 g/mol. The molecule has 1 saturated carbocycles. The monoisotopic (exact) mass is 210 g/mol. The first-order chi connectivity index (χ1) is 6.58. The Balaban J connectivity index is 2.17. The summed E-state index contributed by atoms with van der Waals surface area (Å²) in [6.45, 7) is 6.43. The van der Waals surface area contributed by atoms with Crippen molar-refractivity contribution < 1.29 is 5.11 Å². The standard InChI is InChI=1S/C12H18OS/c1-4-5-10-7-12(10,13)11-6-8(2)9(3)14-11/h6,10,13H,4-5,7H2,1-3H3. The molecule has 0 spiro atoms. The summed E-state index contributed by atoms with van der Waals surface area (Å²) in [5.41, 5.74) is 0.861. The van der Waals surface area contributed by atoms with Gasteiger partial charge in [-0.1, -0.05) is 13.3 Å². The Morgan fingerprint density at radius 3 is 2.79 bits per heavy atom. The molecule has 0 radical (unpaired) electrons. The Hall–Kier alpha value is -0.340. The first kappa shape index (κ1) is 10.2. The number of thiophene rings is 1. The molecule has 1 N–H and O–H groups in total. The number of aryl methyl sites for hydroxylation is 2. The quantitative estimate of drug-likeness (QED) is 0.811. The molecule has 1 heterocycles. The number of hydrogen-bond acceptors (Lipinski definition) is 2. The predicted molar refractivity (Wildman–Crippen MR) is 60.7 cm³/mol. The van der Waals surface area contributed by atoms with Gasteiger partial charge in [0.2, 0.25) is 0 Å². The van der Waals surface area contributed by atoms with Crippen LogP contribution in [0.15, 0.2) is 6.07 Å². The van der Waals surface area contributed by atoms with Crippen molar-refractivity contribution in [3.63, 3.8) is 0 Å². The van der Waals surface area contributed by atoms with Gasteiger partial charge in [0.1, 0.15) is 5.60 Å². The number of hydrogen-bond donors (Lipinski definition) is 1. The molecule has 0 bridgehead atoms. The van der Waals surface area contributed by atoms with Gasteiger partial charge in [-0.25, -0.2) is 0 Å². The molecule has 0 saturated heterocycles. The number of rotatable bonds is 3. The summed E-state index contributed by atoms with van der Waals surface area (Å²) in [7, 11) is 0. The van der Waals surface area contributed by atoms with E-state index in [1.807, 2.05) is 0 Å². The van der Waals surface area contributed by atoms with Gasteiger partial charge in [0.25, 0.3) is 0 Å². The van der Waals surface area contributed by atoms with Crippen LogP contribution in [0.3, 0.4) is 0 Å². The predicted octanol–water partition coefficient (Wildman–Crippen LogP) is 3.37. The fraction of sp³-hybridized carbons (Fsp3) is 0.667. The highest BCUT2D eigenvalue weighted by atomic mass is 32.1. The SMILES string of the molecule is CCCC1CC1(O)c1cc(C)c(C)s1. The van der Waals surface area contributed by atoms with Crippen LogP contribution in [0.5, 0.6) is 0 Å². The van der Waals surface area contributed by atoms with Gasteiger partial charge >= 0.3 is 0 Å². The van der Waals surface area contributed by atoms with Crippen molar-refractivity contribution in [2.24, 2.45) is 5.92 Å². The molecule has 1 nitrogen and oxygen atoms in total. The lowest BCUT2D eigenvalue weighted by Gasteiger charge is -2.06. The third-order valence-electron chi connectivity index (χ3n) is 3.30. The van der Waals surface area contributed by atoms with Gasteiger partial charge in [-0.05, 0) is 44.2 Å². The molecule has 1 aromatic heterocycles. The van der Waals surface area contributed by atoms with Gasteiger partial charge in [0.05, 0.1) is 0 Å². The summed E-state index contributed by atoms with van der Waals surface area (Å²) in [5.74, 6) is 0.518. The van der Waals surface area contributed by atoms with Crippen LogP contribution in [-0.2, 0) is 5.60 Å². The smallest absolute Gasteiger partial charge is 0.102 e. The Kier molecular flexibility index (Phi) is 2.44. The Bertz CT molecular complexity index is 323. The molecule has 2 rings (SSSR count). The zero-order valence-electron chi connectivity index (χ0n) is 9.13. The minimum Gasteiger partial charge on any atom is -0.384 e. The van der Waals surface area contributed by atoms with Crippen molar-refractivity contribution in [2.45, 2.75) is 45.6 Å². The van der Waals surface area contributed by atoms with Crippen LogP contribution in [0.25, 0.3) is 0 Å². The van der Waals surface area contributed by atoms with Crippen molar-refractivity contribution in [1.82, 2.24) is 0 Å². The van der Waals surface area contributed by atoms with Crippen molar-refractivity contribution in [3.8, 4) is 0 Å². The fourth-order valence-corrected chi connectivity index (χ4v) is 3.31. The maximum atomic E-state index is 10.3. The third kappa shape index (κ3) is 1.51. The highest BCUT2D eigenvalue weighted by molar-refractivity contribution is 7.12. The second kappa shape index (κ2) is 3.35. The molecule has 1 aromatic rings. The summed E-state index contributed by atoms with van der Waals surface area (Å²) in [6, 6.07) is 2.16. The van der Waals surface area contributed by atoms with Crippen molar-refractivity contribution in [2.75, 3.05) is 0 Å². The van der Waals surface area contributed by atoms with Gasteiger partial charge in [0, 0.05) is 9.75 Å². The third-order valence-corrected chi connectivity index (χ3v) is 4.62. The largest absolute Gasteiger partial charge is 0.384 e. The lowest BCUT2D eigenvalue weighted by Crippen LogP contribution is -2.05. The molecule has 1 aliphatic rings. The topological polar surface area (TPSA) is 20.2 Å². The Morgan fingerprint density at radius 2 is 2.29 bits per heavy atom. The molecule has 0 aromatic carbocycles. The Labute approximate surface area is 89.8 Å². The van der Waals surface area contributed by atoms with Crippen LogP contribution >= 0.6 is 11.3 Å². The summed E-state index contributed by atoms with van der Waals surface area (Å²) < 4.78 is 0. The van der Waals surface area contributed by atoms with Crippen LogP contribution in [0, 0.1) is 19.8 Å². The first-order valence-corrected chi connectivity index (χ1v) is 6.19. The molecule has 14 heavy (non-hydrogen) atoms. The average Bonchev–Trinajstić information content (AvgIpc) is 2.65. The minimum absolute atomic E-state index is 0.459. The molecule has 1 fully saturated rings. The zero-order valence-corrected chi connectivity index (χ0v) is 9.95. The highest BCUT2D eigenvalue weighted by Crippen LogP contribution is 2.56. The van der Waals surface area contributed by atoms with Crippen molar-refractivity contribution in [3.05, 3.63) is 21.4 Å². The molecule has 2 atom stereocenters. The summed E-state index contributed by atoms with van der Waals surface area (Å²) in [5, 5.41) is 10.3. The van der Waals surface area contributed by atoms with Gasteiger partial charge in [0.15, 0.2) is 0 Å². The van der Waals surface area contributed by atoms with Crippen LogP contribution < -0.4 is 0 Å². The van der Waals surface area contributed by atoms with Gasteiger partial charge in [-0.15, -0.1) is 11.3 Å². The maximum absolute atomic E-state index is 10.3. The van der Waals surface area contributed by atoms with Gasteiger partial charge in [-0.3, -0.25) is 0 Å². The molecule has 2 heteroatoms. The van der Waals surface area contributed by atoms with Gasteiger partial charge in [-0.2, -0.15) is 0 Å². The van der Waals surface area contributed by atoms with E-state index in [9.17, 15) is 5.11 Å². The van der Waals surface area contributed by atoms with E-state index < -0.39 is 5.60 Å². The van der Waals surface area contributed by atoms with E-state index in [1.54, 1.807) is 11.3 Å². The normalized spacial score (nSPS) is 30.7. The van der Waals surface area contributed by atoms with Crippen LogP contribution in [0.4, 0.5) is 0 Å². The zero-order chi connectivity index (χ0) is 10.3. The average molecular weight is 210 g/mol. The number of aliphatic hydroxyl groups is 1. The molecule has 0 aliphatic heterocycles. The molecule has 2 unspecified atom stereocenters. The van der Waals surface area contributed by atoms with Crippen LogP contribution in [0.1, 0.15) is 41.5 Å². The maximum Gasteiger partial charge on any atom is 0.102 e. The van der Waals surface area contributed by atoms with E-state index in [2.05, 4.69) is 26.8 Å². The van der Waals surface area contributed by atoms with E-state index in [4.69, 9.17) is 0 Å². The second-order valence-electron chi connectivity index (χ2n) is 4.46. The van der Waals surface area contributed by atoms with E-state index >= 15 is 0 Å². The van der Waals surface area contributed by atoms with E-state index in [0.29, 0.717) is 5.92 Å². The van der Waals surface area contributed by atoms with Crippen molar-refractivity contribution >= 4 is 11.3 Å². The molecule has 1 aliphatic carbocycles. The summed E-state index contributed by atoms with van der Waals surface area (Å²) in [6.07, 6.45) is 3.31. The first-order valence-electron chi connectivity index (χ1n) is 5.38.